The van der Waals surface area contributed by atoms with Crippen molar-refractivity contribution < 1.29 is 14.4 Å². The predicted molar refractivity (Wildman–Crippen MR) is 149 cm³/mol. The molecule has 2 aromatic heterocycles. The Bertz CT molecular complexity index is 1520. The minimum absolute atomic E-state index is 0.0313. The number of rotatable bonds is 7. The van der Waals surface area contributed by atoms with Crippen LogP contribution in [0.1, 0.15) is 34.7 Å². The second-order valence-electron chi connectivity index (χ2n) is 8.94. The van der Waals surface area contributed by atoms with E-state index in [1.54, 1.807) is 19.4 Å². The van der Waals surface area contributed by atoms with Gasteiger partial charge in [0.25, 0.3) is 5.69 Å². The molecule has 10 heteroatoms. The molecular formula is C28H27N5O4S. The molecule has 4 aromatic rings. The average Bonchev–Trinajstić information content (AvgIpc) is 3.43. The highest BCUT2D eigenvalue weighted by molar-refractivity contribution is 7.80. The van der Waals surface area contributed by atoms with Crippen molar-refractivity contribution in [3.63, 3.8) is 0 Å². The number of ether oxygens (including phenoxy) is 2. The van der Waals surface area contributed by atoms with Crippen LogP contribution in [0.15, 0.2) is 72.9 Å². The van der Waals surface area contributed by atoms with Crippen molar-refractivity contribution in [2.24, 2.45) is 0 Å². The number of aryl methyl sites for hydroxylation is 1. The summed E-state index contributed by atoms with van der Waals surface area (Å²) in [6.07, 6.45) is 1.77. The van der Waals surface area contributed by atoms with Gasteiger partial charge in [0.2, 0.25) is 0 Å². The van der Waals surface area contributed by atoms with Crippen LogP contribution in [0.5, 0.6) is 11.5 Å². The average molecular weight is 530 g/mol. The number of para-hydroxylation sites is 2. The summed E-state index contributed by atoms with van der Waals surface area (Å²) >= 11 is 5.88. The van der Waals surface area contributed by atoms with Gasteiger partial charge in [-0.25, -0.2) is 0 Å². The lowest BCUT2D eigenvalue weighted by Gasteiger charge is -2.29. The quantitative estimate of drug-likeness (QED) is 0.188. The van der Waals surface area contributed by atoms with Crippen LogP contribution in [0, 0.1) is 24.0 Å². The molecule has 2 aromatic carbocycles. The Morgan fingerprint density at radius 2 is 1.71 bits per heavy atom. The van der Waals surface area contributed by atoms with Crippen LogP contribution in [-0.2, 0) is 0 Å². The Kier molecular flexibility index (Phi) is 6.73. The maximum atomic E-state index is 11.4. The van der Waals surface area contributed by atoms with Crippen molar-refractivity contribution in [1.29, 1.82) is 0 Å². The van der Waals surface area contributed by atoms with Crippen molar-refractivity contribution in [1.82, 2.24) is 14.9 Å². The first kappa shape index (κ1) is 25.2. The van der Waals surface area contributed by atoms with Crippen LogP contribution in [0.3, 0.4) is 0 Å². The molecule has 2 atom stereocenters. The third-order valence-electron chi connectivity index (χ3n) is 6.85. The second kappa shape index (κ2) is 10.1. The molecule has 0 radical (unpaired) electrons. The molecule has 5 rings (SSSR count). The number of hydrogen-bond donors (Lipinski definition) is 1. The number of nitrogens with one attached hydrogen (secondary N) is 1. The van der Waals surface area contributed by atoms with E-state index < -0.39 is 4.92 Å². The number of methoxy groups -OCH3 is 2. The highest BCUT2D eigenvalue weighted by Crippen LogP contribution is 2.46. The van der Waals surface area contributed by atoms with Gasteiger partial charge in [-0.3, -0.25) is 15.1 Å². The highest BCUT2D eigenvalue weighted by Gasteiger charge is 2.43. The summed E-state index contributed by atoms with van der Waals surface area (Å²) in [5, 5.41) is 15.4. The number of anilines is 1. The minimum atomic E-state index is -0.430. The molecule has 1 aliphatic rings. The molecule has 0 unspecified atom stereocenters. The van der Waals surface area contributed by atoms with Gasteiger partial charge >= 0.3 is 0 Å². The summed E-state index contributed by atoms with van der Waals surface area (Å²) in [6.45, 7) is 4.03. The number of nitro benzene ring substituents is 1. The number of non-ortho nitro benzene ring substituents is 1. The monoisotopic (exact) mass is 529 g/mol. The molecule has 194 valence electrons. The van der Waals surface area contributed by atoms with E-state index in [1.165, 1.54) is 19.2 Å². The van der Waals surface area contributed by atoms with Gasteiger partial charge in [0.1, 0.15) is 11.5 Å². The van der Waals surface area contributed by atoms with Crippen LogP contribution < -0.4 is 19.7 Å². The Morgan fingerprint density at radius 3 is 2.39 bits per heavy atom. The molecule has 38 heavy (non-hydrogen) atoms. The molecule has 3 heterocycles. The zero-order valence-corrected chi connectivity index (χ0v) is 22.2. The summed E-state index contributed by atoms with van der Waals surface area (Å²) in [5.41, 5.74) is 5.30. The summed E-state index contributed by atoms with van der Waals surface area (Å²) in [4.78, 5) is 17.6. The largest absolute Gasteiger partial charge is 0.495 e. The number of pyridine rings is 1. The lowest BCUT2D eigenvalue weighted by atomic mass is 9.96. The van der Waals surface area contributed by atoms with Crippen molar-refractivity contribution in [3.8, 4) is 17.2 Å². The van der Waals surface area contributed by atoms with E-state index in [2.05, 4.69) is 25.8 Å². The standard InChI is InChI=1S/C28H27N5O4S/c1-17-15-20(18(2)31(17)23-13-12-19(33(34)35)16-25(23)37-4)27-26(21-9-7-8-14-29-21)30-28(38)32(27)22-10-5-6-11-24(22)36-3/h5-16,26-27H,1-4H3,(H,30,38)/t26-,27-/m1/s1. The lowest BCUT2D eigenvalue weighted by Crippen LogP contribution is -2.30. The van der Waals surface area contributed by atoms with E-state index in [0.29, 0.717) is 22.3 Å². The third-order valence-corrected chi connectivity index (χ3v) is 7.16. The summed E-state index contributed by atoms with van der Waals surface area (Å²) in [6, 6.07) is 19.9. The summed E-state index contributed by atoms with van der Waals surface area (Å²) in [5.74, 6) is 1.12. The molecule has 1 fully saturated rings. The first-order valence-corrected chi connectivity index (χ1v) is 12.4. The van der Waals surface area contributed by atoms with E-state index >= 15 is 0 Å². The topological polar surface area (TPSA) is 94.7 Å². The Labute approximate surface area is 225 Å². The van der Waals surface area contributed by atoms with Gasteiger partial charge in [-0.05, 0) is 68.0 Å². The Hall–Kier alpha value is -4.44. The Morgan fingerprint density at radius 1 is 0.974 bits per heavy atom. The lowest BCUT2D eigenvalue weighted by molar-refractivity contribution is -0.384. The van der Waals surface area contributed by atoms with Crippen LogP contribution in [-0.4, -0.2) is 33.8 Å². The van der Waals surface area contributed by atoms with E-state index in [1.807, 2.05) is 56.3 Å². The van der Waals surface area contributed by atoms with Crippen molar-refractivity contribution in [2.45, 2.75) is 25.9 Å². The predicted octanol–water partition coefficient (Wildman–Crippen LogP) is 5.59. The first-order valence-electron chi connectivity index (χ1n) is 12.0. The van der Waals surface area contributed by atoms with Crippen molar-refractivity contribution >= 4 is 28.7 Å². The van der Waals surface area contributed by atoms with Crippen LogP contribution >= 0.6 is 12.2 Å². The second-order valence-corrected chi connectivity index (χ2v) is 9.33. The molecule has 9 nitrogen and oxygen atoms in total. The molecule has 1 N–H and O–H groups in total. The van der Waals surface area contributed by atoms with E-state index in [9.17, 15) is 10.1 Å². The molecule has 0 spiro atoms. The van der Waals surface area contributed by atoms with Gasteiger partial charge < -0.3 is 24.3 Å². The summed E-state index contributed by atoms with van der Waals surface area (Å²) < 4.78 is 13.3. The third kappa shape index (κ3) is 4.22. The van der Waals surface area contributed by atoms with Gasteiger partial charge in [0.05, 0.1) is 54.4 Å². The normalized spacial score (nSPS) is 16.8. The molecular weight excluding hydrogens is 502 g/mol. The maximum Gasteiger partial charge on any atom is 0.273 e. The number of aromatic nitrogens is 2. The van der Waals surface area contributed by atoms with Gasteiger partial charge in [-0.1, -0.05) is 18.2 Å². The van der Waals surface area contributed by atoms with Crippen molar-refractivity contribution in [2.75, 3.05) is 19.1 Å². The minimum Gasteiger partial charge on any atom is -0.495 e. The smallest absolute Gasteiger partial charge is 0.273 e. The SMILES string of the molecule is COc1ccccc1N1C(=S)N[C@H](c2ccccn2)[C@H]1c1cc(C)n(-c2ccc([N+](=O)[O-])cc2OC)c1C. The fourth-order valence-corrected chi connectivity index (χ4v) is 5.52. The van der Waals surface area contributed by atoms with Crippen molar-refractivity contribution in [3.05, 3.63) is 106 Å². The Balaban J connectivity index is 1.70. The highest BCUT2D eigenvalue weighted by atomic mass is 32.1. The number of nitro groups is 1. The number of nitrogens with zero attached hydrogens (tertiary/aromatic N) is 4. The molecule has 0 aliphatic carbocycles. The molecule has 0 amide bonds. The van der Waals surface area contributed by atoms with Gasteiger partial charge in [-0.15, -0.1) is 0 Å². The zero-order chi connectivity index (χ0) is 27.0. The van der Waals surface area contributed by atoms with E-state index in [-0.39, 0.29) is 17.8 Å². The van der Waals surface area contributed by atoms with Gasteiger partial charge in [-0.2, -0.15) is 0 Å². The molecule has 1 saturated heterocycles. The van der Waals surface area contributed by atoms with Crippen LogP contribution in [0.2, 0.25) is 0 Å². The zero-order valence-electron chi connectivity index (χ0n) is 21.4. The van der Waals surface area contributed by atoms with Crippen LogP contribution in [0.25, 0.3) is 5.69 Å². The fourth-order valence-electron chi connectivity index (χ4n) is 5.18. The number of benzene rings is 2. The number of hydrogen-bond acceptors (Lipinski definition) is 6. The first-order chi connectivity index (χ1) is 18.3. The van der Waals surface area contributed by atoms with E-state index in [4.69, 9.17) is 21.7 Å². The van der Waals surface area contributed by atoms with E-state index in [0.717, 1.165) is 28.3 Å². The van der Waals surface area contributed by atoms with Gasteiger partial charge in [0.15, 0.2) is 5.11 Å². The van der Waals surface area contributed by atoms with Crippen LogP contribution in [0.4, 0.5) is 11.4 Å². The molecule has 1 aliphatic heterocycles. The molecule has 0 bridgehead atoms. The fraction of sp³-hybridized carbons (Fsp3) is 0.214. The molecule has 0 saturated carbocycles. The maximum absolute atomic E-state index is 11.4. The number of thiocarbonyl (C=S) groups is 1. The summed E-state index contributed by atoms with van der Waals surface area (Å²) in [7, 11) is 3.15. The van der Waals surface area contributed by atoms with Gasteiger partial charge in [0, 0.05) is 23.7 Å².